The highest BCUT2D eigenvalue weighted by atomic mass is 32.2. The fourth-order valence-electron chi connectivity index (χ4n) is 2.64. The van der Waals surface area contributed by atoms with Crippen LogP contribution in [0.25, 0.3) is 0 Å². The van der Waals surface area contributed by atoms with Crippen molar-refractivity contribution in [3.8, 4) is 0 Å². The summed E-state index contributed by atoms with van der Waals surface area (Å²) in [6.45, 7) is 1.26. The molecular formula is C15H17N3O4S2. The minimum absolute atomic E-state index is 0.0318. The number of carbonyl (C=O) groups excluding carboxylic acids is 1. The number of carbonyl (C=O) groups is 1. The lowest BCUT2D eigenvalue weighted by molar-refractivity contribution is 0.0602. The van der Waals surface area contributed by atoms with Gasteiger partial charge in [0.15, 0.2) is 0 Å². The minimum atomic E-state index is -3.78. The van der Waals surface area contributed by atoms with Gasteiger partial charge in [0.25, 0.3) is 0 Å². The van der Waals surface area contributed by atoms with Gasteiger partial charge in [-0.1, -0.05) is 6.07 Å². The average molecular weight is 367 g/mol. The molecule has 3 rings (SSSR count). The average Bonchev–Trinajstić information content (AvgIpc) is 3.24. The van der Waals surface area contributed by atoms with Crippen molar-refractivity contribution in [1.82, 2.24) is 9.71 Å². The highest BCUT2D eigenvalue weighted by molar-refractivity contribution is 7.89. The second-order valence-electron chi connectivity index (χ2n) is 5.35. The molecule has 7 nitrogen and oxygen atoms in total. The number of nitrogens with zero attached hydrogens (tertiary/aromatic N) is 2. The molecule has 9 heteroatoms. The van der Waals surface area contributed by atoms with Crippen LogP contribution in [0.1, 0.15) is 16.1 Å². The van der Waals surface area contributed by atoms with Crippen molar-refractivity contribution >= 4 is 33.1 Å². The maximum absolute atomic E-state index is 12.6. The van der Waals surface area contributed by atoms with Gasteiger partial charge in [0, 0.05) is 25.3 Å². The number of aromatic nitrogens is 1. The van der Waals surface area contributed by atoms with Crippen molar-refractivity contribution < 1.29 is 17.9 Å². The number of hydrogen-bond donors (Lipinski definition) is 1. The zero-order valence-electron chi connectivity index (χ0n) is 13.0. The summed E-state index contributed by atoms with van der Waals surface area (Å²) in [5.74, 6) is 0.178. The minimum Gasteiger partial charge on any atom is -0.465 e. The number of sulfonamides is 1. The highest BCUT2D eigenvalue weighted by Gasteiger charge is 2.31. The molecule has 0 bridgehead atoms. The van der Waals surface area contributed by atoms with Crippen LogP contribution >= 0.6 is 11.3 Å². The summed E-state index contributed by atoms with van der Waals surface area (Å²) in [6.07, 6.45) is 2.38. The molecule has 1 fully saturated rings. The van der Waals surface area contributed by atoms with E-state index in [0.717, 1.165) is 23.7 Å². The van der Waals surface area contributed by atoms with E-state index < -0.39 is 16.0 Å². The van der Waals surface area contributed by atoms with Gasteiger partial charge >= 0.3 is 5.97 Å². The molecule has 128 valence electrons. The van der Waals surface area contributed by atoms with Crippen LogP contribution in [0, 0.1) is 0 Å². The number of anilines is 1. The van der Waals surface area contributed by atoms with Gasteiger partial charge in [0.1, 0.15) is 15.6 Å². The molecule has 3 heterocycles. The Bertz CT molecular complexity index is 820. The smallest absolute Gasteiger partial charge is 0.349 e. The van der Waals surface area contributed by atoms with Gasteiger partial charge in [-0.25, -0.2) is 22.9 Å². The summed E-state index contributed by atoms with van der Waals surface area (Å²) in [5, 5.41) is 1.57. The van der Waals surface area contributed by atoms with Crippen LogP contribution in [-0.4, -0.2) is 45.6 Å². The summed E-state index contributed by atoms with van der Waals surface area (Å²) in [5.41, 5.74) is 0. The van der Waals surface area contributed by atoms with E-state index in [1.165, 1.54) is 13.2 Å². The molecule has 1 unspecified atom stereocenters. The molecule has 0 aromatic carbocycles. The molecule has 1 atom stereocenters. The van der Waals surface area contributed by atoms with Crippen LogP contribution in [0.2, 0.25) is 0 Å². The Morgan fingerprint density at radius 1 is 1.42 bits per heavy atom. The molecule has 2 aromatic heterocycles. The van der Waals surface area contributed by atoms with E-state index in [9.17, 15) is 13.2 Å². The van der Waals surface area contributed by atoms with Crippen molar-refractivity contribution in [2.45, 2.75) is 17.4 Å². The Balaban J connectivity index is 1.72. The zero-order valence-corrected chi connectivity index (χ0v) is 14.6. The molecule has 24 heavy (non-hydrogen) atoms. The lowest BCUT2D eigenvalue weighted by Crippen LogP contribution is -2.37. The van der Waals surface area contributed by atoms with Crippen molar-refractivity contribution in [2.24, 2.45) is 0 Å². The number of methoxy groups -OCH3 is 1. The van der Waals surface area contributed by atoms with Crippen LogP contribution in [0.4, 0.5) is 5.82 Å². The monoisotopic (exact) mass is 367 g/mol. The normalized spacial score (nSPS) is 17.9. The first-order valence-corrected chi connectivity index (χ1v) is 9.71. The van der Waals surface area contributed by atoms with E-state index >= 15 is 0 Å². The van der Waals surface area contributed by atoms with E-state index in [1.807, 2.05) is 23.1 Å². The Morgan fingerprint density at radius 2 is 2.25 bits per heavy atom. The molecule has 0 amide bonds. The predicted octanol–water partition coefficient (Wildman–Crippen LogP) is 1.49. The first-order valence-electron chi connectivity index (χ1n) is 7.35. The van der Waals surface area contributed by atoms with Crippen molar-refractivity contribution in [1.29, 1.82) is 0 Å². The summed E-state index contributed by atoms with van der Waals surface area (Å²) in [7, 11) is -2.55. The molecule has 0 aliphatic carbocycles. The lowest BCUT2D eigenvalue weighted by Gasteiger charge is -2.17. The van der Waals surface area contributed by atoms with Crippen LogP contribution in [0.15, 0.2) is 40.7 Å². The van der Waals surface area contributed by atoms with Gasteiger partial charge in [-0.3, -0.25) is 0 Å². The molecule has 1 aliphatic heterocycles. The van der Waals surface area contributed by atoms with Gasteiger partial charge in [0.2, 0.25) is 10.0 Å². The zero-order chi connectivity index (χ0) is 17.2. The van der Waals surface area contributed by atoms with Crippen LogP contribution in [-0.2, 0) is 14.8 Å². The lowest BCUT2D eigenvalue weighted by atomic mass is 10.3. The number of ether oxygens (including phenoxy) is 1. The molecule has 1 aliphatic rings. The largest absolute Gasteiger partial charge is 0.465 e. The Labute approximate surface area is 144 Å². The molecule has 0 saturated carbocycles. The summed E-state index contributed by atoms with van der Waals surface area (Å²) < 4.78 is 32.5. The van der Waals surface area contributed by atoms with E-state index in [4.69, 9.17) is 0 Å². The predicted molar refractivity (Wildman–Crippen MR) is 90.8 cm³/mol. The van der Waals surface area contributed by atoms with E-state index in [1.54, 1.807) is 11.6 Å². The number of pyridine rings is 1. The molecule has 0 spiro atoms. The van der Waals surface area contributed by atoms with Gasteiger partial charge in [-0.2, -0.15) is 0 Å². The topological polar surface area (TPSA) is 88.6 Å². The quantitative estimate of drug-likeness (QED) is 0.806. The fourth-order valence-corrected chi connectivity index (χ4v) is 5.24. The molecule has 2 aromatic rings. The standard InChI is InChI=1S/C15H17N3O4S2/c1-22-15(19)14-12(6-9-23-14)24(20,21)17-11-5-8-18(10-11)13-4-2-3-7-16-13/h2-4,6-7,9,11,17H,5,8,10H2,1H3. The summed E-state index contributed by atoms with van der Waals surface area (Å²) >= 11 is 1.05. The van der Waals surface area contributed by atoms with E-state index in [0.29, 0.717) is 13.0 Å². The third kappa shape index (κ3) is 3.42. The van der Waals surface area contributed by atoms with Crippen LogP contribution in [0.3, 0.4) is 0 Å². The van der Waals surface area contributed by atoms with Gasteiger partial charge in [0.05, 0.1) is 7.11 Å². The number of hydrogen-bond acceptors (Lipinski definition) is 7. The van der Waals surface area contributed by atoms with Crippen molar-refractivity contribution in [3.63, 3.8) is 0 Å². The van der Waals surface area contributed by atoms with Gasteiger partial charge in [-0.15, -0.1) is 11.3 Å². The maximum Gasteiger partial charge on any atom is 0.349 e. The van der Waals surface area contributed by atoms with Gasteiger partial charge < -0.3 is 9.64 Å². The molecular weight excluding hydrogens is 350 g/mol. The number of rotatable bonds is 5. The summed E-state index contributed by atoms with van der Waals surface area (Å²) in [6, 6.07) is 6.82. The first kappa shape index (κ1) is 16.9. The number of thiophene rings is 1. The van der Waals surface area contributed by atoms with Gasteiger partial charge in [-0.05, 0) is 30.0 Å². The van der Waals surface area contributed by atoms with E-state index in [-0.39, 0.29) is 15.8 Å². The number of nitrogens with one attached hydrogen (secondary N) is 1. The van der Waals surface area contributed by atoms with Crippen molar-refractivity contribution in [3.05, 3.63) is 40.7 Å². The second-order valence-corrected chi connectivity index (χ2v) is 7.94. The van der Waals surface area contributed by atoms with Crippen LogP contribution in [0.5, 0.6) is 0 Å². The van der Waals surface area contributed by atoms with Crippen LogP contribution < -0.4 is 9.62 Å². The third-order valence-corrected chi connectivity index (χ3v) is 6.36. The third-order valence-electron chi connectivity index (χ3n) is 3.77. The maximum atomic E-state index is 12.6. The first-order chi connectivity index (χ1) is 11.5. The SMILES string of the molecule is COC(=O)c1sccc1S(=O)(=O)NC1CCN(c2ccccn2)C1. The van der Waals surface area contributed by atoms with Crippen molar-refractivity contribution in [2.75, 3.05) is 25.1 Å². The Kier molecular flexibility index (Phi) is 4.83. The fraction of sp³-hybridized carbons (Fsp3) is 0.333. The number of esters is 1. The Hall–Kier alpha value is -1.97. The second kappa shape index (κ2) is 6.88. The molecule has 0 radical (unpaired) electrons. The Morgan fingerprint density at radius 3 is 2.96 bits per heavy atom. The summed E-state index contributed by atoms with van der Waals surface area (Å²) in [4.78, 5) is 18.1. The highest BCUT2D eigenvalue weighted by Crippen LogP contribution is 2.24. The molecule has 1 saturated heterocycles. The molecule has 1 N–H and O–H groups in total. The van der Waals surface area contributed by atoms with E-state index in [2.05, 4.69) is 14.4 Å².